The van der Waals surface area contributed by atoms with Gasteiger partial charge in [-0.25, -0.2) is 0 Å². The SMILES string of the molecule is CCCN(Cc1cc(C(C=NCC(C)C)=CN)ccc1C)C(=O)c1ccc(C(=O)C(F)(F)F)cc1. The van der Waals surface area contributed by atoms with Gasteiger partial charge in [-0.05, 0) is 54.2 Å². The number of hydrogen-bond donors (Lipinski definition) is 1. The number of aliphatic imine (C=N–C) groups is 1. The number of hydrogen-bond acceptors (Lipinski definition) is 4. The highest BCUT2D eigenvalue weighted by molar-refractivity contribution is 6.09. The van der Waals surface area contributed by atoms with Crippen LogP contribution in [0.4, 0.5) is 13.2 Å². The molecule has 0 aliphatic heterocycles. The second-order valence-corrected chi connectivity index (χ2v) is 8.78. The Bertz CT molecular complexity index is 1090. The molecule has 0 aliphatic carbocycles. The summed E-state index contributed by atoms with van der Waals surface area (Å²) >= 11 is 0. The lowest BCUT2D eigenvalue weighted by atomic mass is 9.99. The molecular formula is C27H32F3N3O2. The van der Waals surface area contributed by atoms with Gasteiger partial charge in [0.2, 0.25) is 0 Å². The predicted molar refractivity (Wildman–Crippen MR) is 133 cm³/mol. The zero-order chi connectivity index (χ0) is 26.2. The molecule has 2 aromatic carbocycles. The van der Waals surface area contributed by atoms with Crippen molar-refractivity contribution in [3.8, 4) is 0 Å². The maximum Gasteiger partial charge on any atom is 0.454 e. The van der Waals surface area contributed by atoms with E-state index < -0.39 is 17.5 Å². The zero-order valence-electron chi connectivity index (χ0n) is 20.5. The number of halogens is 3. The molecule has 5 nitrogen and oxygen atoms in total. The van der Waals surface area contributed by atoms with Gasteiger partial charge in [-0.1, -0.05) is 45.0 Å². The molecule has 0 radical (unpaired) electrons. The van der Waals surface area contributed by atoms with Crippen LogP contribution in [-0.2, 0) is 6.54 Å². The van der Waals surface area contributed by atoms with Crippen molar-refractivity contribution < 1.29 is 22.8 Å². The highest BCUT2D eigenvalue weighted by Crippen LogP contribution is 2.23. The molecule has 0 aromatic heterocycles. The van der Waals surface area contributed by atoms with Crippen molar-refractivity contribution in [2.24, 2.45) is 16.6 Å². The first-order valence-electron chi connectivity index (χ1n) is 11.5. The van der Waals surface area contributed by atoms with E-state index in [4.69, 9.17) is 5.73 Å². The minimum Gasteiger partial charge on any atom is -0.404 e. The maximum atomic E-state index is 13.2. The van der Waals surface area contributed by atoms with E-state index in [-0.39, 0.29) is 11.5 Å². The number of allylic oxidation sites excluding steroid dienone is 1. The highest BCUT2D eigenvalue weighted by Gasteiger charge is 2.39. The Morgan fingerprint density at radius 3 is 2.20 bits per heavy atom. The Morgan fingerprint density at radius 2 is 1.66 bits per heavy atom. The van der Waals surface area contributed by atoms with Crippen molar-refractivity contribution in [2.75, 3.05) is 13.1 Å². The molecule has 0 saturated heterocycles. The van der Waals surface area contributed by atoms with Crippen LogP contribution in [0.5, 0.6) is 0 Å². The lowest BCUT2D eigenvalue weighted by Gasteiger charge is -2.24. The Kier molecular flexibility index (Phi) is 9.80. The minimum absolute atomic E-state index is 0.217. The number of Topliss-reactive ketones (excluding diaryl/α,β-unsaturated/α-hetero) is 1. The molecule has 0 atom stereocenters. The Balaban J connectivity index is 2.28. The van der Waals surface area contributed by atoms with Crippen molar-refractivity contribution in [1.82, 2.24) is 4.90 Å². The van der Waals surface area contributed by atoms with Crippen LogP contribution in [-0.4, -0.2) is 42.1 Å². The summed E-state index contributed by atoms with van der Waals surface area (Å²) in [4.78, 5) is 30.7. The van der Waals surface area contributed by atoms with Gasteiger partial charge in [0.15, 0.2) is 0 Å². The summed E-state index contributed by atoms with van der Waals surface area (Å²) in [6, 6.07) is 10.5. The molecule has 2 rings (SSSR count). The lowest BCUT2D eigenvalue weighted by molar-refractivity contribution is -0.0885. The molecule has 0 fully saturated rings. The molecule has 2 N–H and O–H groups in total. The number of amides is 1. The standard InChI is InChI=1S/C27H32F3N3O2/c1-5-12-33(26(35)21-10-8-20(9-11-21)25(34)27(28,29)30)17-23-13-22(7-6-19(23)4)24(14-31)16-32-15-18(2)3/h6-11,13-14,16,18H,5,12,15,17,31H2,1-4H3. The number of carbonyl (C=O) groups is 2. The van der Waals surface area contributed by atoms with Gasteiger partial charge in [0.1, 0.15) is 0 Å². The Labute approximate surface area is 204 Å². The van der Waals surface area contributed by atoms with Crippen LogP contribution in [0.1, 0.15) is 64.6 Å². The summed E-state index contributed by atoms with van der Waals surface area (Å²) in [5.74, 6) is -1.83. The van der Waals surface area contributed by atoms with Gasteiger partial charge in [-0.3, -0.25) is 14.6 Å². The molecule has 8 heteroatoms. The topological polar surface area (TPSA) is 75.8 Å². The largest absolute Gasteiger partial charge is 0.454 e. The average molecular weight is 488 g/mol. The molecule has 0 spiro atoms. The van der Waals surface area contributed by atoms with Crippen molar-refractivity contribution in [3.05, 3.63) is 76.5 Å². The summed E-state index contributed by atoms with van der Waals surface area (Å²) in [6.45, 7) is 9.50. The zero-order valence-corrected chi connectivity index (χ0v) is 20.5. The molecule has 0 bridgehead atoms. The fraction of sp³-hybridized carbons (Fsp3) is 0.370. The third-order valence-electron chi connectivity index (χ3n) is 5.36. The third kappa shape index (κ3) is 7.80. The quantitative estimate of drug-likeness (QED) is 0.339. The Morgan fingerprint density at radius 1 is 1.06 bits per heavy atom. The number of aryl methyl sites for hydroxylation is 1. The summed E-state index contributed by atoms with van der Waals surface area (Å²) in [6.07, 6.45) is -1.02. The second-order valence-electron chi connectivity index (χ2n) is 8.78. The van der Waals surface area contributed by atoms with Gasteiger partial charge >= 0.3 is 6.18 Å². The van der Waals surface area contributed by atoms with Crippen molar-refractivity contribution >= 4 is 23.5 Å². The second kappa shape index (κ2) is 12.3. The number of nitrogens with zero attached hydrogens (tertiary/aromatic N) is 2. The first-order chi connectivity index (χ1) is 16.5. The van der Waals surface area contributed by atoms with Crippen LogP contribution in [0.2, 0.25) is 0 Å². The van der Waals surface area contributed by atoms with Gasteiger partial charge in [0, 0.05) is 48.7 Å². The van der Waals surface area contributed by atoms with Crippen LogP contribution in [0.3, 0.4) is 0 Å². The van der Waals surface area contributed by atoms with E-state index in [9.17, 15) is 22.8 Å². The first-order valence-corrected chi connectivity index (χ1v) is 11.5. The van der Waals surface area contributed by atoms with Crippen LogP contribution < -0.4 is 5.73 Å². The molecule has 188 valence electrons. The fourth-order valence-corrected chi connectivity index (χ4v) is 3.44. The molecule has 2 aromatic rings. The molecular weight excluding hydrogens is 455 g/mol. The normalized spacial score (nSPS) is 12.4. The van der Waals surface area contributed by atoms with Gasteiger partial charge in [0.25, 0.3) is 11.7 Å². The van der Waals surface area contributed by atoms with Crippen molar-refractivity contribution in [2.45, 2.75) is 46.8 Å². The Hall–Kier alpha value is -3.42. The third-order valence-corrected chi connectivity index (χ3v) is 5.36. The van der Waals surface area contributed by atoms with Crippen molar-refractivity contribution in [3.63, 3.8) is 0 Å². The predicted octanol–water partition coefficient (Wildman–Crippen LogP) is 5.82. The van der Waals surface area contributed by atoms with Crippen LogP contribution >= 0.6 is 0 Å². The summed E-state index contributed by atoms with van der Waals surface area (Å²) < 4.78 is 38.0. The van der Waals surface area contributed by atoms with Gasteiger partial charge < -0.3 is 10.6 Å². The maximum absolute atomic E-state index is 13.2. The van der Waals surface area contributed by atoms with Gasteiger partial charge in [0.05, 0.1) is 0 Å². The number of benzene rings is 2. The minimum atomic E-state index is -4.96. The number of ketones is 1. The van der Waals surface area contributed by atoms with E-state index in [1.54, 1.807) is 11.1 Å². The van der Waals surface area contributed by atoms with E-state index in [0.717, 1.165) is 34.4 Å². The van der Waals surface area contributed by atoms with E-state index in [1.807, 2.05) is 32.0 Å². The summed E-state index contributed by atoms with van der Waals surface area (Å²) in [5, 5.41) is 0. The van der Waals surface area contributed by atoms with Gasteiger partial charge in [-0.2, -0.15) is 13.2 Å². The van der Waals surface area contributed by atoms with E-state index in [1.165, 1.54) is 18.3 Å². The average Bonchev–Trinajstić information content (AvgIpc) is 2.81. The smallest absolute Gasteiger partial charge is 0.404 e. The highest BCUT2D eigenvalue weighted by atomic mass is 19.4. The number of alkyl halides is 3. The van der Waals surface area contributed by atoms with E-state index in [2.05, 4.69) is 18.8 Å². The lowest BCUT2D eigenvalue weighted by Crippen LogP contribution is -2.31. The summed E-state index contributed by atoms with van der Waals surface area (Å²) in [7, 11) is 0. The molecule has 0 unspecified atom stereocenters. The van der Waals surface area contributed by atoms with Crippen molar-refractivity contribution in [1.29, 1.82) is 0 Å². The number of rotatable bonds is 10. The van der Waals surface area contributed by atoms with Crippen LogP contribution in [0.25, 0.3) is 5.57 Å². The van der Waals surface area contributed by atoms with E-state index >= 15 is 0 Å². The molecule has 0 aliphatic rings. The number of nitrogens with two attached hydrogens (primary N) is 1. The molecule has 35 heavy (non-hydrogen) atoms. The molecule has 0 saturated carbocycles. The molecule has 1 amide bonds. The van der Waals surface area contributed by atoms with Crippen LogP contribution in [0, 0.1) is 12.8 Å². The van der Waals surface area contributed by atoms with Gasteiger partial charge in [-0.15, -0.1) is 0 Å². The van der Waals surface area contributed by atoms with E-state index in [0.29, 0.717) is 32.0 Å². The first kappa shape index (κ1) is 27.8. The molecule has 0 heterocycles. The monoisotopic (exact) mass is 487 g/mol. The van der Waals surface area contributed by atoms with Crippen LogP contribution in [0.15, 0.2) is 53.7 Å². The fourth-order valence-electron chi connectivity index (χ4n) is 3.44. The summed E-state index contributed by atoms with van der Waals surface area (Å²) in [5.41, 5.74) is 9.10. The number of carbonyl (C=O) groups excluding carboxylic acids is 2.